The molecule has 2 amide bonds. The summed E-state index contributed by atoms with van der Waals surface area (Å²) in [4.78, 5) is 12.0. The summed E-state index contributed by atoms with van der Waals surface area (Å²) < 4.78 is 5.41. The molecule has 0 aromatic carbocycles. The highest BCUT2D eigenvalue weighted by Crippen LogP contribution is 2.48. The maximum Gasteiger partial charge on any atom is 0.314 e. The average Bonchev–Trinajstić information content (AvgIpc) is 3.27. The topological polar surface area (TPSA) is 70.6 Å². The normalized spacial score (nSPS) is 29.9. The van der Waals surface area contributed by atoms with Crippen molar-refractivity contribution in [3.63, 3.8) is 0 Å². The number of aliphatic hydroxyl groups is 1. The minimum atomic E-state index is -0.303. The predicted octanol–water partition coefficient (Wildman–Crippen LogP) is 2.43. The Kier molecular flexibility index (Phi) is 6.09. The van der Waals surface area contributed by atoms with E-state index in [1.165, 1.54) is 12.8 Å². The molecule has 0 spiro atoms. The molecule has 0 bridgehead atoms. The lowest BCUT2D eigenvalue weighted by atomic mass is 9.73. The van der Waals surface area contributed by atoms with Crippen LogP contribution in [-0.4, -0.2) is 43.5 Å². The van der Waals surface area contributed by atoms with Crippen molar-refractivity contribution in [2.45, 2.75) is 64.9 Å². The average molecular weight is 312 g/mol. The molecule has 2 unspecified atom stereocenters. The monoisotopic (exact) mass is 312 g/mol. The summed E-state index contributed by atoms with van der Waals surface area (Å²) in [5.41, 5.74) is 0.0859. The fraction of sp³-hybridized carbons (Fsp3) is 0.941. The first-order valence-electron chi connectivity index (χ1n) is 8.77. The lowest BCUT2D eigenvalue weighted by Crippen LogP contribution is -2.48. The zero-order chi connectivity index (χ0) is 16.1. The summed E-state index contributed by atoms with van der Waals surface area (Å²) in [6, 6.07) is -0.110. The molecular formula is C17H32N2O3. The second kappa shape index (κ2) is 7.64. The molecule has 3 N–H and O–H groups in total. The lowest BCUT2D eigenvalue weighted by Gasteiger charge is -2.38. The molecule has 2 rings (SSSR count). The molecule has 0 heterocycles. The summed E-state index contributed by atoms with van der Waals surface area (Å²) >= 11 is 0. The van der Waals surface area contributed by atoms with E-state index >= 15 is 0 Å². The predicted molar refractivity (Wildman–Crippen MR) is 86.8 cm³/mol. The van der Waals surface area contributed by atoms with Crippen LogP contribution in [-0.2, 0) is 4.74 Å². The zero-order valence-electron chi connectivity index (χ0n) is 14.1. The minimum absolute atomic E-state index is 0.110. The second-order valence-electron chi connectivity index (χ2n) is 7.40. The Morgan fingerprint density at radius 3 is 2.59 bits per heavy atom. The molecule has 2 saturated carbocycles. The van der Waals surface area contributed by atoms with Crippen molar-refractivity contribution < 1.29 is 14.6 Å². The SMILES string of the molecule is CCOCCC1(CNC(=O)NCC2(C)CCCCC2O)CC1. The number of nitrogens with one attached hydrogen (secondary N) is 2. The molecule has 2 aliphatic carbocycles. The number of amides is 2. The van der Waals surface area contributed by atoms with Gasteiger partial charge in [0.05, 0.1) is 6.10 Å². The molecule has 0 saturated heterocycles. The van der Waals surface area contributed by atoms with Crippen molar-refractivity contribution >= 4 is 6.03 Å². The largest absolute Gasteiger partial charge is 0.392 e. The first kappa shape index (κ1) is 17.5. The summed E-state index contributed by atoms with van der Waals surface area (Å²) in [6.07, 6.45) is 7.13. The van der Waals surface area contributed by atoms with Gasteiger partial charge in [0.15, 0.2) is 0 Å². The molecule has 2 atom stereocenters. The van der Waals surface area contributed by atoms with Crippen LogP contribution in [0.3, 0.4) is 0 Å². The Balaban J connectivity index is 1.65. The van der Waals surface area contributed by atoms with E-state index in [-0.39, 0.29) is 23.0 Å². The summed E-state index contributed by atoms with van der Waals surface area (Å²) in [6.45, 7) is 6.89. The number of carbonyl (C=O) groups is 1. The maximum atomic E-state index is 12.0. The number of urea groups is 1. The van der Waals surface area contributed by atoms with Gasteiger partial charge in [-0.3, -0.25) is 0 Å². The van der Waals surface area contributed by atoms with E-state index < -0.39 is 0 Å². The third-order valence-corrected chi connectivity index (χ3v) is 5.49. The van der Waals surface area contributed by atoms with Gasteiger partial charge in [-0.15, -0.1) is 0 Å². The number of ether oxygens (including phenoxy) is 1. The molecule has 128 valence electrons. The van der Waals surface area contributed by atoms with Crippen LogP contribution in [0.25, 0.3) is 0 Å². The molecule has 0 aliphatic heterocycles. The van der Waals surface area contributed by atoms with Gasteiger partial charge in [-0.1, -0.05) is 19.8 Å². The highest BCUT2D eigenvalue weighted by Gasteiger charge is 2.42. The van der Waals surface area contributed by atoms with Gasteiger partial charge in [0.2, 0.25) is 0 Å². The molecular weight excluding hydrogens is 280 g/mol. The van der Waals surface area contributed by atoms with E-state index in [1.807, 2.05) is 6.92 Å². The van der Waals surface area contributed by atoms with Gasteiger partial charge < -0.3 is 20.5 Å². The molecule has 0 aromatic rings. The van der Waals surface area contributed by atoms with E-state index in [1.54, 1.807) is 0 Å². The van der Waals surface area contributed by atoms with Crippen molar-refractivity contribution in [1.82, 2.24) is 10.6 Å². The molecule has 5 heteroatoms. The van der Waals surface area contributed by atoms with Gasteiger partial charge in [-0.2, -0.15) is 0 Å². The van der Waals surface area contributed by atoms with Crippen molar-refractivity contribution in [3.8, 4) is 0 Å². The Hall–Kier alpha value is -0.810. The highest BCUT2D eigenvalue weighted by atomic mass is 16.5. The van der Waals surface area contributed by atoms with Crippen LogP contribution >= 0.6 is 0 Å². The van der Waals surface area contributed by atoms with Gasteiger partial charge in [0.25, 0.3) is 0 Å². The van der Waals surface area contributed by atoms with Crippen LogP contribution < -0.4 is 10.6 Å². The molecule has 0 radical (unpaired) electrons. The van der Waals surface area contributed by atoms with E-state index in [0.29, 0.717) is 6.54 Å². The van der Waals surface area contributed by atoms with Gasteiger partial charge in [0.1, 0.15) is 0 Å². The van der Waals surface area contributed by atoms with E-state index in [0.717, 1.165) is 51.9 Å². The fourth-order valence-corrected chi connectivity index (χ4v) is 3.33. The van der Waals surface area contributed by atoms with Gasteiger partial charge in [-0.25, -0.2) is 4.79 Å². The minimum Gasteiger partial charge on any atom is -0.392 e. The standard InChI is InChI=1S/C17H32N2O3/c1-3-22-11-10-17(8-9-17)13-19-15(21)18-12-16(2)7-5-4-6-14(16)20/h14,20H,3-13H2,1-2H3,(H2,18,19,21). The van der Waals surface area contributed by atoms with Gasteiger partial charge >= 0.3 is 6.03 Å². The third kappa shape index (κ3) is 4.85. The van der Waals surface area contributed by atoms with Gasteiger partial charge in [0, 0.05) is 31.7 Å². The van der Waals surface area contributed by atoms with Crippen LogP contribution in [0.4, 0.5) is 4.79 Å². The van der Waals surface area contributed by atoms with E-state index in [2.05, 4.69) is 17.6 Å². The van der Waals surface area contributed by atoms with Crippen molar-refractivity contribution in [1.29, 1.82) is 0 Å². The Bertz CT molecular complexity index is 371. The lowest BCUT2D eigenvalue weighted by molar-refractivity contribution is 0.00306. The van der Waals surface area contributed by atoms with Crippen molar-refractivity contribution in [3.05, 3.63) is 0 Å². The fourth-order valence-electron chi connectivity index (χ4n) is 3.33. The first-order chi connectivity index (χ1) is 10.5. The summed E-state index contributed by atoms with van der Waals surface area (Å²) in [5.74, 6) is 0. The van der Waals surface area contributed by atoms with Gasteiger partial charge in [-0.05, 0) is 44.4 Å². The Morgan fingerprint density at radius 1 is 1.23 bits per heavy atom. The molecule has 5 nitrogen and oxygen atoms in total. The number of aliphatic hydroxyl groups excluding tert-OH is 1. The summed E-state index contributed by atoms with van der Waals surface area (Å²) in [5, 5.41) is 16.1. The number of rotatable bonds is 8. The second-order valence-corrected chi connectivity index (χ2v) is 7.40. The third-order valence-electron chi connectivity index (χ3n) is 5.49. The van der Waals surface area contributed by atoms with Crippen molar-refractivity contribution in [2.24, 2.45) is 10.8 Å². The van der Waals surface area contributed by atoms with E-state index in [4.69, 9.17) is 4.74 Å². The van der Waals surface area contributed by atoms with Crippen LogP contribution in [0.2, 0.25) is 0 Å². The number of hydrogen-bond acceptors (Lipinski definition) is 3. The molecule has 2 fully saturated rings. The quantitative estimate of drug-likeness (QED) is 0.603. The molecule has 2 aliphatic rings. The van der Waals surface area contributed by atoms with Crippen molar-refractivity contribution in [2.75, 3.05) is 26.3 Å². The smallest absolute Gasteiger partial charge is 0.314 e. The molecule has 0 aromatic heterocycles. The first-order valence-corrected chi connectivity index (χ1v) is 8.77. The highest BCUT2D eigenvalue weighted by molar-refractivity contribution is 5.73. The maximum absolute atomic E-state index is 12.0. The zero-order valence-corrected chi connectivity index (χ0v) is 14.1. The van der Waals surface area contributed by atoms with Crippen LogP contribution in [0.15, 0.2) is 0 Å². The number of hydrogen-bond donors (Lipinski definition) is 3. The molecule has 22 heavy (non-hydrogen) atoms. The van der Waals surface area contributed by atoms with Crippen LogP contribution in [0, 0.1) is 10.8 Å². The van der Waals surface area contributed by atoms with Crippen LogP contribution in [0.5, 0.6) is 0 Å². The van der Waals surface area contributed by atoms with E-state index in [9.17, 15) is 9.90 Å². The Labute approximate surface area is 134 Å². The van der Waals surface area contributed by atoms with Crippen LogP contribution in [0.1, 0.15) is 58.8 Å². The summed E-state index contributed by atoms with van der Waals surface area (Å²) in [7, 11) is 0. The number of carbonyl (C=O) groups excluding carboxylic acids is 1. The Morgan fingerprint density at radius 2 is 1.95 bits per heavy atom.